The van der Waals surface area contributed by atoms with E-state index in [2.05, 4.69) is 40.3 Å². The van der Waals surface area contributed by atoms with Crippen molar-refractivity contribution in [1.29, 1.82) is 0 Å². The van der Waals surface area contributed by atoms with Crippen LogP contribution in [0, 0.1) is 11.7 Å². The predicted molar refractivity (Wildman–Crippen MR) is 146 cm³/mol. The number of hydrogen-bond acceptors (Lipinski definition) is 6. The van der Waals surface area contributed by atoms with E-state index < -0.39 is 0 Å². The molecular formula is C28H39ClFN5O2. The number of aliphatic hydroxyl groups is 1. The molecule has 9 heteroatoms. The van der Waals surface area contributed by atoms with Gasteiger partial charge in [-0.3, -0.25) is 0 Å². The highest BCUT2D eigenvalue weighted by Gasteiger charge is 2.23. The van der Waals surface area contributed by atoms with Crippen LogP contribution in [0.4, 0.5) is 10.3 Å². The number of nitrogen functional groups attached to an aromatic ring is 1. The third-order valence-corrected chi connectivity index (χ3v) is 7.63. The quantitative estimate of drug-likeness (QED) is 0.344. The molecule has 0 bridgehead atoms. The number of aryl methyl sites for hydroxylation is 1. The van der Waals surface area contributed by atoms with Gasteiger partial charge in [0.1, 0.15) is 11.3 Å². The molecule has 2 fully saturated rings. The van der Waals surface area contributed by atoms with E-state index in [-0.39, 0.29) is 30.0 Å². The normalized spacial score (nSPS) is 18.6. The van der Waals surface area contributed by atoms with Crippen LogP contribution in [0.2, 0.25) is 5.02 Å². The summed E-state index contributed by atoms with van der Waals surface area (Å²) in [7, 11) is 0. The van der Waals surface area contributed by atoms with Crippen LogP contribution in [-0.2, 0) is 11.2 Å². The third kappa shape index (κ3) is 6.59. The number of nitrogens with zero attached hydrogens (tertiary/aromatic N) is 4. The van der Waals surface area contributed by atoms with Crippen LogP contribution in [0.5, 0.6) is 0 Å². The number of halogens is 2. The number of imidazole rings is 1. The molecule has 2 atom stereocenters. The molecular weight excluding hydrogens is 493 g/mol. The summed E-state index contributed by atoms with van der Waals surface area (Å²) in [4.78, 5) is 12.7. The molecule has 2 aliphatic rings. The first-order chi connectivity index (χ1) is 17.8. The van der Waals surface area contributed by atoms with E-state index in [0.717, 1.165) is 62.4 Å². The minimum Gasteiger partial charge on any atom is -0.390 e. The van der Waals surface area contributed by atoms with E-state index in [1.54, 1.807) is 0 Å². The summed E-state index contributed by atoms with van der Waals surface area (Å²) < 4.78 is 22.3. The molecule has 37 heavy (non-hydrogen) atoms. The molecule has 3 N–H and O–H groups in total. The Labute approximate surface area is 223 Å². The Morgan fingerprint density at radius 3 is 2.62 bits per heavy atom. The molecule has 1 saturated carbocycles. The summed E-state index contributed by atoms with van der Waals surface area (Å²) in [5.74, 6) is 1.46. The SMILES string of the molecule is CC(C)n1c(CCC2CCC2)nc2c(F)cc(-c3nc(N)ncc3Cl)cc21.CCCC(O)C1CCCO1. The second-order valence-electron chi connectivity index (χ2n) is 10.5. The maximum absolute atomic E-state index is 14.9. The van der Waals surface area contributed by atoms with Crippen molar-refractivity contribution in [3.05, 3.63) is 35.0 Å². The lowest BCUT2D eigenvalue weighted by atomic mass is 9.82. The van der Waals surface area contributed by atoms with Crippen molar-refractivity contribution in [2.24, 2.45) is 5.92 Å². The van der Waals surface area contributed by atoms with Gasteiger partial charge in [0.05, 0.1) is 34.6 Å². The number of aromatic nitrogens is 4. The van der Waals surface area contributed by atoms with Crippen molar-refractivity contribution >= 4 is 28.6 Å². The lowest BCUT2D eigenvalue weighted by Crippen LogP contribution is -2.24. The predicted octanol–water partition coefficient (Wildman–Crippen LogP) is 6.51. The number of nitrogens with two attached hydrogens (primary N) is 1. The fourth-order valence-electron chi connectivity index (χ4n) is 5.18. The first-order valence-corrected chi connectivity index (χ1v) is 13.9. The van der Waals surface area contributed by atoms with Crippen LogP contribution in [0.1, 0.15) is 84.0 Å². The van der Waals surface area contributed by atoms with Crippen molar-refractivity contribution in [1.82, 2.24) is 19.5 Å². The van der Waals surface area contributed by atoms with Gasteiger partial charge in [-0.1, -0.05) is 44.2 Å². The Morgan fingerprint density at radius 1 is 1.22 bits per heavy atom. The van der Waals surface area contributed by atoms with Gasteiger partial charge in [-0.05, 0) is 57.6 Å². The van der Waals surface area contributed by atoms with Crippen LogP contribution in [0.25, 0.3) is 22.3 Å². The third-order valence-electron chi connectivity index (χ3n) is 7.35. The molecule has 0 spiro atoms. The molecule has 0 amide bonds. The molecule has 7 nitrogen and oxygen atoms in total. The minimum atomic E-state index is -0.375. The Morgan fingerprint density at radius 2 is 2.00 bits per heavy atom. The zero-order valence-corrected chi connectivity index (χ0v) is 22.8. The van der Waals surface area contributed by atoms with Crippen molar-refractivity contribution in [2.45, 2.75) is 96.8 Å². The van der Waals surface area contributed by atoms with E-state index in [1.165, 1.54) is 31.5 Å². The van der Waals surface area contributed by atoms with Crippen LogP contribution in [-0.4, -0.2) is 43.4 Å². The molecule has 2 unspecified atom stereocenters. The van der Waals surface area contributed by atoms with Crippen LogP contribution >= 0.6 is 11.6 Å². The number of ether oxygens (including phenoxy) is 1. The van der Waals surface area contributed by atoms with Crippen molar-refractivity contribution in [2.75, 3.05) is 12.3 Å². The van der Waals surface area contributed by atoms with Gasteiger partial charge in [0.2, 0.25) is 5.95 Å². The maximum atomic E-state index is 14.9. The van der Waals surface area contributed by atoms with Crippen molar-refractivity contribution in [3.63, 3.8) is 0 Å². The van der Waals surface area contributed by atoms with Gasteiger partial charge in [0.25, 0.3) is 0 Å². The average molecular weight is 532 g/mol. The van der Waals surface area contributed by atoms with Gasteiger partial charge in [0.15, 0.2) is 5.82 Å². The van der Waals surface area contributed by atoms with E-state index in [0.29, 0.717) is 21.8 Å². The number of rotatable bonds is 8. The molecule has 1 saturated heterocycles. The highest BCUT2D eigenvalue weighted by Crippen LogP contribution is 2.34. The van der Waals surface area contributed by atoms with Gasteiger partial charge in [-0.25, -0.2) is 19.3 Å². The second-order valence-corrected chi connectivity index (χ2v) is 10.9. The first-order valence-electron chi connectivity index (χ1n) is 13.6. The standard InChI is InChI=1S/C20H23ClFN5.C8H16O2/c1-11(2)27-16-9-13(18-14(21)10-24-20(23)26-18)8-15(22)19(16)25-17(27)7-6-12-4-3-5-12;1-2-4-7(9)8-5-3-6-10-8/h8-12H,3-7H2,1-2H3,(H2,23,24,26);7-9H,2-6H2,1H3. The van der Waals surface area contributed by atoms with E-state index in [1.807, 2.05) is 6.07 Å². The molecule has 3 heterocycles. The van der Waals surface area contributed by atoms with Gasteiger partial charge in [0, 0.05) is 24.6 Å². The molecule has 3 aromatic rings. The largest absolute Gasteiger partial charge is 0.390 e. The number of hydrogen-bond donors (Lipinski definition) is 2. The van der Waals surface area contributed by atoms with Gasteiger partial charge >= 0.3 is 0 Å². The van der Waals surface area contributed by atoms with Gasteiger partial charge < -0.3 is 20.1 Å². The van der Waals surface area contributed by atoms with E-state index in [4.69, 9.17) is 22.1 Å². The molecule has 1 aliphatic carbocycles. The molecule has 2 aromatic heterocycles. The minimum absolute atomic E-state index is 0.105. The molecule has 1 aliphatic heterocycles. The molecule has 0 radical (unpaired) electrons. The topological polar surface area (TPSA) is 99.1 Å². The van der Waals surface area contributed by atoms with E-state index >= 15 is 0 Å². The van der Waals surface area contributed by atoms with Crippen LogP contribution in [0.3, 0.4) is 0 Å². The summed E-state index contributed by atoms with van der Waals surface area (Å²) in [6.07, 6.45) is 11.3. The van der Waals surface area contributed by atoms with E-state index in [9.17, 15) is 9.50 Å². The van der Waals surface area contributed by atoms with Crippen LogP contribution < -0.4 is 5.73 Å². The number of anilines is 1. The Bertz CT molecular complexity index is 1190. The second kappa shape index (κ2) is 12.5. The molecule has 1 aromatic carbocycles. The zero-order valence-electron chi connectivity index (χ0n) is 22.1. The first kappa shape index (κ1) is 27.7. The van der Waals surface area contributed by atoms with Gasteiger partial charge in [-0.2, -0.15) is 0 Å². The molecule has 5 rings (SSSR count). The summed E-state index contributed by atoms with van der Waals surface area (Å²) in [5.41, 5.74) is 7.85. The van der Waals surface area contributed by atoms with Crippen molar-refractivity contribution in [3.8, 4) is 11.3 Å². The fourth-order valence-corrected chi connectivity index (χ4v) is 5.38. The smallest absolute Gasteiger partial charge is 0.220 e. The Hall–Kier alpha value is -2.29. The average Bonchev–Trinajstić information content (AvgIpc) is 3.49. The Balaban J connectivity index is 0.000000270. The maximum Gasteiger partial charge on any atom is 0.220 e. The zero-order chi connectivity index (χ0) is 26.5. The fraction of sp³-hybridized carbons (Fsp3) is 0.607. The lowest BCUT2D eigenvalue weighted by Gasteiger charge is -2.25. The number of aliphatic hydroxyl groups excluding tert-OH is 1. The Kier molecular flexibility index (Phi) is 9.37. The van der Waals surface area contributed by atoms with Gasteiger partial charge in [-0.15, -0.1) is 0 Å². The summed E-state index contributed by atoms with van der Waals surface area (Å²) in [5, 5.41) is 9.76. The monoisotopic (exact) mass is 531 g/mol. The molecule has 202 valence electrons. The van der Waals surface area contributed by atoms with Crippen LogP contribution in [0.15, 0.2) is 18.3 Å². The summed E-state index contributed by atoms with van der Waals surface area (Å²) in [6.45, 7) is 7.10. The number of fused-ring (bicyclic) bond motifs is 1. The van der Waals surface area contributed by atoms with Crippen molar-refractivity contribution < 1.29 is 14.2 Å². The number of benzene rings is 1. The summed E-state index contributed by atoms with van der Waals surface area (Å²) >= 11 is 6.22. The highest BCUT2D eigenvalue weighted by atomic mass is 35.5. The lowest BCUT2D eigenvalue weighted by molar-refractivity contribution is -0.00549. The summed E-state index contributed by atoms with van der Waals surface area (Å²) in [6, 6.07) is 3.49. The highest BCUT2D eigenvalue weighted by molar-refractivity contribution is 6.33.